The Hall–Kier alpha value is -1.58. The van der Waals surface area contributed by atoms with E-state index in [1.165, 1.54) is 15.2 Å². The normalized spacial score (nSPS) is 10.7. The molecule has 0 bridgehead atoms. The quantitative estimate of drug-likeness (QED) is 0.655. The fourth-order valence-electron chi connectivity index (χ4n) is 1.87. The van der Waals surface area contributed by atoms with Crippen LogP contribution in [0.2, 0.25) is 0 Å². The van der Waals surface area contributed by atoms with Gasteiger partial charge in [0.1, 0.15) is 4.64 Å². The van der Waals surface area contributed by atoms with Crippen LogP contribution >= 0.6 is 24.0 Å². The van der Waals surface area contributed by atoms with E-state index < -0.39 is 0 Å². The summed E-state index contributed by atoms with van der Waals surface area (Å²) < 4.78 is 0.770. The summed E-state index contributed by atoms with van der Waals surface area (Å²) in [4.78, 5) is 5.64. The molecule has 1 aromatic heterocycles. The zero-order valence-electron chi connectivity index (χ0n) is 9.59. The Balaban J connectivity index is 2.14. The highest BCUT2D eigenvalue weighted by atomic mass is 32.2. The minimum absolute atomic E-state index is 0.770. The second-order valence-corrected chi connectivity index (χ2v) is 5.51. The molecule has 0 fully saturated rings. The van der Waals surface area contributed by atoms with Crippen molar-refractivity contribution < 1.29 is 0 Å². The van der Waals surface area contributed by atoms with Crippen molar-refractivity contribution in [2.45, 2.75) is 9.79 Å². The number of pyridine rings is 1. The summed E-state index contributed by atoms with van der Waals surface area (Å²) >= 11 is 7.02. The zero-order valence-corrected chi connectivity index (χ0v) is 11.2. The van der Waals surface area contributed by atoms with Crippen molar-refractivity contribution in [3.8, 4) is 0 Å². The third-order valence-electron chi connectivity index (χ3n) is 2.68. The summed E-state index contributed by atoms with van der Waals surface area (Å²) in [6, 6.07) is 20.6. The first-order chi connectivity index (χ1) is 8.83. The summed E-state index contributed by atoms with van der Waals surface area (Å²) in [6.45, 7) is 0. The molecule has 0 saturated heterocycles. The van der Waals surface area contributed by atoms with Gasteiger partial charge in [0.05, 0.1) is 0 Å². The average Bonchev–Trinajstić information content (AvgIpc) is 2.40. The van der Waals surface area contributed by atoms with E-state index in [-0.39, 0.29) is 0 Å². The first kappa shape index (κ1) is 11.5. The van der Waals surface area contributed by atoms with Crippen molar-refractivity contribution >= 4 is 34.9 Å². The Morgan fingerprint density at radius 3 is 2.44 bits per heavy atom. The number of aromatic nitrogens is 1. The SMILES string of the molecule is S=c1cc(Sc2ccccc2)c2ccccc2[nH]1. The van der Waals surface area contributed by atoms with Crippen molar-refractivity contribution in [1.82, 2.24) is 4.98 Å². The van der Waals surface area contributed by atoms with Crippen molar-refractivity contribution in [1.29, 1.82) is 0 Å². The number of hydrogen-bond acceptors (Lipinski definition) is 2. The maximum Gasteiger partial charge on any atom is 0.104 e. The number of hydrogen-bond donors (Lipinski definition) is 1. The molecule has 1 heterocycles. The molecule has 0 amide bonds. The van der Waals surface area contributed by atoms with E-state index in [1.807, 2.05) is 36.4 Å². The number of fused-ring (bicyclic) bond motifs is 1. The minimum atomic E-state index is 0.770. The van der Waals surface area contributed by atoms with Gasteiger partial charge in [-0.2, -0.15) is 0 Å². The summed E-state index contributed by atoms with van der Waals surface area (Å²) in [5, 5.41) is 1.21. The van der Waals surface area contributed by atoms with Crippen LogP contribution in [-0.4, -0.2) is 4.98 Å². The van der Waals surface area contributed by atoms with Gasteiger partial charge in [0, 0.05) is 20.7 Å². The molecular formula is C15H11NS2. The van der Waals surface area contributed by atoms with E-state index in [1.54, 1.807) is 11.8 Å². The number of benzene rings is 2. The fourth-order valence-corrected chi connectivity index (χ4v) is 3.19. The van der Waals surface area contributed by atoms with Crippen LogP contribution in [0.1, 0.15) is 0 Å². The Bertz CT molecular complexity index is 732. The first-order valence-corrected chi connectivity index (χ1v) is 6.90. The van der Waals surface area contributed by atoms with Crippen LogP contribution in [0.4, 0.5) is 0 Å². The molecule has 0 unspecified atom stereocenters. The monoisotopic (exact) mass is 269 g/mol. The van der Waals surface area contributed by atoms with Gasteiger partial charge in [-0.05, 0) is 24.3 Å². The van der Waals surface area contributed by atoms with E-state index in [0.29, 0.717) is 0 Å². The van der Waals surface area contributed by atoms with Gasteiger partial charge in [-0.15, -0.1) is 0 Å². The predicted molar refractivity (Wildman–Crippen MR) is 79.7 cm³/mol. The minimum Gasteiger partial charge on any atom is -0.346 e. The number of H-pyrrole nitrogens is 1. The van der Waals surface area contributed by atoms with Gasteiger partial charge in [-0.3, -0.25) is 0 Å². The molecule has 3 rings (SSSR count). The molecule has 0 radical (unpaired) electrons. The van der Waals surface area contributed by atoms with E-state index in [2.05, 4.69) is 29.2 Å². The zero-order chi connectivity index (χ0) is 12.4. The molecular weight excluding hydrogens is 258 g/mol. The highest BCUT2D eigenvalue weighted by Gasteiger charge is 2.03. The Kier molecular flexibility index (Phi) is 3.17. The second kappa shape index (κ2) is 4.96. The number of para-hydroxylation sites is 1. The molecule has 0 atom stereocenters. The molecule has 18 heavy (non-hydrogen) atoms. The number of rotatable bonds is 2. The first-order valence-electron chi connectivity index (χ1n) is 5.68. The van der Waals surface area contributed by atoms with Gasteiger partial charge >= 0.3 is 0 Å². The second-order valence-electron chi connectivity index (χ2n) is 3.96. The van der Waals surface area contributed by atoms with Crippen LogP contribution in [0.3, 0.4) is 0 Å². The van der Waals surface area contributed by atoms with Crippen LogP contribution < -0.4 is 0 Å². The van der Waals surface area contributed by atoms with Crippen LogP contribution in [0, 0.1) is 4.64 Å². The lowest BCUT2D eigenvalue weighted by Crippen LogP contribution is -1.83. The van der Waals surface area contributed by atoms with Crippen LogP contribution in [0.25, 0.3) is 10.9 Å². The molecule has 0 spiro atoms. The lowest BCUT2D eigenvalue weighted by atomic mass is 10.2. The van der Waals surface area contributed by atoms with Crippen molar-refractivity contribution in [2.24, 2.45) is 0 Å². The van der Waals surface area contributed by atoms with Gasteiger partial charge in [-0.25, -0.2) is 0 Å². The fraction of sp³-hybridized carbons (Fsp3) is 0. The molecule has 3 heteroatoms. The van der Waals surface area contributed by atoms with Crippen LogP contribution in [0.5, 0.6) is 0 Å². The molecule has 0 saturated carbocycles. The van der Waals surface area contributed by atoms with E-state index in [4.69, 9.17) is 12.2 Å². The average molecular weight is 269 g/mol. The van der Waals surface area contributed by atoms with E-state index in [9.17, 15) is 0 Å². The molecule has 0 aliphatic carbocycles. The van der Waals surface area contributed by atoms with Gasteiger partial charge < -0.3 is 4.98 Å². The Labute approximate surface area is 115 Å². The third-order valence-corrected chi connectivity index (χ3v) is 3.97. The van der Waals surface area contributed by atoms with Gasteiger partial charge in [0.15, 0.2) is 0 Å². The highest BCUT2D eigenvalue weighted by molar-refractivity contribution is 7.99. The maximum atomic E-state index is 5.27. The predicted octanol–water partition coefficient (Wildman–Crippen LogP) is 5.05. The summed E-state index contributed by atoms with van der Waals surface area (Å²) in [6.07, 6.45) is 0. The van der Waals surface area contributed by atoms with Gasteiger partial charge in [-0.1, -0.05) is 60.4 Å². The highest BCUT2D eigenvalue weighted by Crippen LogP contribution is 2.32. The van der Waals surface area contributed by atoms with Gasteiger partial charge in [0.25, 0.3) is 0 Å². The molecule has 0 aliphatic heterocycles. The van der Waals surface area contributed by atoms with E-state index >= 15 is 0 Å². The van der Waals surface area contributed by atoms with E-state index in [0.717, 1.165) is 10.2 Å². The topological polar surface area (TPSA) is 15.8 Å². The molecule has 1 N–H and O–H groups in total. The van der Waals surface area contributed by atoms with Crippen molar-refractivity contribution in [3.63, 3.8) is 0 Å². The van der Waals surface area contributed by atoms with Crippen molar-refractivity contribution in [3.05, 3.63) is 65.3 Å². The Morgan fingerprint density at radius 1 is 0.889 bits per heavy atom. The lowest BCUT2D eigenvalue weighted by molar-refractivity contribution is 1.32. The summed E-state index contributed by atoms with van der Waals surface area (Å²) in [7, 11) is 0. The van der Waals surface area contributed by atoms with Crippen LogP contribution in [-0.2, 0) is 0 Å². The molecule has 1 nitrogen and oxygen atoms in total. The maximum absolute atomic E-state index is 5.27. The smallest absolute Gasteiger partial charge is 0.104 e. The summed E-state index contributed by atoms with van der Waals surface area (Å²) in [5.74, 6) is 0. The van der Waals surface area contributed by atoms with Crippen LogP contribution in [0.15, 0.2) is 70.5 Å². The molecule has 3 aromatic rings. The Morgan fingerprint density at radius 2 is 1.61 bits per heavy atom. The molecule has 88 valence electrons. The molecule has 0 aliphatic rings. The van der Waals surface area contributed by atoms with Gasteiger partial charge in [0.2, 0.25) is 0 Å². The number of nitrogens with one attached hydrogen (secondary N) is 1. The lowest BCUT2D eigenvalue weighted by Gasteiger charge is -2.06. The summed E-state index contributed by atoms with van der Waals surface area (Å²) in [5.41, 5.74) is 1.09. The standard InChI is InChI=1S/C15H11NS2/c17-15-10-14(18-11-6-2-1-3-7-11)12-8-4-5-9-13(12)16-15/h1-10H,(H,16,17). The largest absolute Gasteiger partial charge is 0.346 e. The molecule has 2 aromatic carbocycles. The van der Waals surface area contributed by atoms with Crippen molar-refractivity contribution in [2.75, 3.05) is 0 Å². The number of aromatic amines is 1. The third kappa shape index (κ3) is 2.33.